The van der Waals surface area contributed by atoms with Gasteiger partial charge in [0.2, 0.25) is 0 Å². The predicted molar refractivity (Wildman–Crippen MR) is 79.3 cm³/mol. The lowest BCUT2D eigenvalue weighted by molar-refractivity contribution is -0.210. The van der Waals surface area contributed by atoms with Crippen LogP contribution in [0.5, 0.6) is 0 Å². The maximum atomic E-state index is 12.8. The van der Waals surface area contributed by atoms with E-state index in [2.05, 4.69) is 0 Å². The molecule has 1 aromatic rings. The minimum atomic E-state index is -1.94. The van der Waals surface area contributed by atoms with Gasteiger partial charge < -0.3 is 19.0 Å². The number of carbonyl (C=O) groups is 2. The molecule has 1 saturated carbocycles. The summed E-state index contributed by atoms with van der Waals surface area (Å²) in [4.78, 5) is 25.4. The Balaban J connectivity index is 2.34. The van der Waals surface area contributed by atoms with Crippen LogP contribution in [0.3, 0.4) is 0 Å². The molecular formula is C17H22O6. The fourth-order valence-corrected chi connectivity index (χ4v) is 4.91. The van der Waals surface area contributed by atoms with Crippen LogP contribution in [0.4, 0.5) is 0 Å². The first-order valence-electron chi connectivity index (χ1n) is 7.75. The molecule has 2 aliphatic carbocycles. The number of rotatable bonds is 2. The first kappa shape index (κ1) is 16.1. The molecule has 1 fully saturated rings. The Labute approximate surface area is 134 Å². The SMILES string of the molecule is COC(=O)C1(O)c2ccoc2CC2(C(=O)OC)C(C)CCC12C. The van der Waals surface area contributed by atoms with Crippen molar-refractivity contribution in [1.29, 1.82) is 0 Å². The van der Waals surface area contributed by atoms with Crippen molar-refractivity contribution in [2.45, 2.75) is 38.7 Å². The van der Waals surface area contributed by atoms with Crippen molar-refractivity contribution in [2.75, 3.05) is 14.2 Å². The number of furan rings is 1. The first-order chi connectivity index (χ1) is 10.8. The monoisotopic (exact) mass is 322 g/mol. The molecule has 1 heterocycles. The minimum Gasteiger partial charge on any atom is -0.469 e. The molecule has 2 aliphatic rings. The average Bonchev–Trinajstić information content (AvgIpc) is 3.12. The number of hydrogen-bond donors (Lipinski definition) is 1. The van der Waals surface area contributed by atoms with Crippen LogP contribution in [0, 0.1) is 16.7 Å². The Hall–Kier alpha value is -1.82. The summed E-state index contributed by atoms with van der Waals surface area (Å²) in [5, 5.41) is 11.5. The number of carbonyl (C=O) groups excluding carboxylic acids is 2. The number of methoxy groups -OCH3 is 2. The van der Waals surface area contributed by atoms with Gasteiger partial charge in [0, 0.05) is 17.4 Å². The van der Waals surface area contributed by atoms with E-state index in [1.54, 1.807) is 13.0 Å². The van der Waals surface area contributed by atoms with E-state index >= 15 is 0 Å². The van der Waals surface area contributed by atoms with Gasteiger partial charge in [0.15, 0.2) is 5.60 Å². The number of hydrogen-bond acceptors (Lipinski definition) is 6. The largest absolute Gasteiger partial charge is 0.469 e. The quantitative estimate of drug-likeness (QED) is 0.836. The van der Waals surface area contributed by atoms with E-state index < -0.39 is 28.4 Å². The van der Waals surface area contributed by atoms with Crippen molar-refractivity contribution in [2.24, 2.45) is 16.7 Å². The van der Waals surface area contributed by atoms with E-state index in [4.69, 9.17) is 13.9 Å². The first-order valence-corrected chi connectivity index (χ1v) is 7.75. The van der Waals surface area contributed by atoms with Crippen LogP contribution in [0.15, 0.2) is 16.7 Å². The number of ether oxygens (including phenoxy) is 2. The van der Waals surface area contributed by atoms with Gasteiger partial charge in [0.05, 0.1) is 25.9 Å². The van der Waals surface area contributed by atoms with E-state index in [0.717, 1.165) is 0 Å². The number of fused-ring (bicyclic) bond motifs is 2. The van der Waals surface area contributed by atoms with Crippen LogP contribution in [0.25, 0.3) is 0 Å². The zero-order valence-corrected chi connectivity index (χ0v) is 13.8. The second-order valence-corrected chi connectivity index (χ2v) is 6.87. The lowest BCUT2D eigenvalue weighted by atomic mass is 9.49. The molecule has 0 saturated heterocycles. The molecule has 4 atom stereocenters. The molecule has 1 N–H and O–H groups in total. The van der Waals surface area contributed by atoms with Gasteiger partial charge in [-0.1, -0.05) is 13.8 Å². The van der Waals surface area contributed by atoms with Crippen LogP contribution in [-0.4, -0.2) is 31.3 Å². The minimum absolute atomic E-state index is 0.0608. The molecule has 0 aliphatic heterocycles. The summed E-state index contributed by atoms with van der Waals surface area (Å²) in [6, 6.07) is 1.59. The Bertz CT molecular complexity index is 664. The molecule has 0 bridgehead atoms. The van der Waals surface area contributed by atoms with Crippen LogP contribution in [-0.2, 0) is 31.1 Å². The molecule has 0 radical (unpaired) electrons. The van der Waals surface area contributed by atoms with Crippen molar-refractivity contribution < 1.29 is 28.6 Å². The Kier molecular flexibility index (Phi) is 3.38. The lowest BCUT2D eigenvalue weighted by Gasteiger charge is -2.53. The number of esters is 2. The van der Waals surface area contributed by atoms with Gasteiger partial charge in [-0.2, -0.15) is 0 Å². The van der Waals surface area contributed by atoms with Gasteiger partial charge >= 0.3 is 11.9 Å². The summed E-state index contributed by atoms with van der Waals surface area (Å²) < 4.78 is 15.5. The highest BCUT2D eigenvalue weighted by atomic mass is 16.5. The smallest absolute Gasteiger partial charge is 0.343 e. The molecule has 1 aromatic heterocycles. The molecule has 0 aromatic carbocycles. The van der Waals surface area contributed by atoms with Crippen LogP contribution < -0.4 is 0 Å². The molecule has 0 spiro atoms. The highest BCUT2D eigenvalue weighted by Gasteiger charge is 2.75. The third-order valence-electron chi connectivity index (χ3n) is 6.31. The van der Waals surface area contributed by atoms with Crippen LogP contribution in [0.2, 0.25) is 0 Å². The molecule has 23 heavy (non-hydrogen) atoms. The summed E-state index contributed by atoms with van der Waals surface area (Å²) in [6.45, 7) is 3.73. The Morgan fingerprint density at radius 1 is 1.30 bits per heavy atom. The molecule has 4 unspecified atom stereocenters. The van der Waals surface area contributed by atoms with E-state index in [0.29, 0.717) is 30.6 Å². The van der Waals surface area contributed by atoms with Crippen molar-refractivity contribution in [3.05, 3.63) is 23.7 Å². The number of aliphatic hydroxyl groups is 1. The van der Waals surface area contributed by atoms with Crippen molar-refractivity contribution in [1.82, 2.24) is 0 Å². The van der Waals surface area contributed by atoms with Crippen molar-refractivity contribution in [3.63, 3.8) is 0 Å². The predicted octanol–water partition coefficient (Wildman–Crippen LogP) is 1.79. The maximum Gasteiger partial charge on any atom is 0.343 e. The van der Waals surface area contributed by atoms with E-state index in [9.17, 15) is 14.7 Å². The molecule has 0 amide bonds. The van der Waals surface area contributed by atoms with E-state index in [1.807, 2.05) is 6.92 Å². The third-order valence-corrected chi connectivity index (χ3v) is 6.31. The molecule has 6 nitrogen and oxygen atoms in total. The summed E-state index contributed by atoms with van der Waals surface area (Å²) in [5.41, 5.74) is -3.62. The highest BCUT2D eigenvalue weighted by molar-refractivity contribution is 5.88. The summed E-state index contributed by atoms with van der Waals surface area (Å²) in [6.07, 6.45) is 2.95. The zero-order valence-electron chi connectivity index (χ0n) is 13.8. The van der Waals surface area contributed by atoms with Crippen LogP contribution >= 0.6 is 0 Å². The van der Waals surface area contributed by atoms with Crippen LogP contribution in [0.1, 0.15) is 38.0 Å². The van der Waals surface area contributed by atoms with E-state index in [-0.39, 0.29) is 5.92 Å². The highest BCUT2D eigenvalue weighted by Crippen LogP contribution is 2.68. The normalized spacial score (nSPS) is 38.6. The Morgan fingerprint density at radius 2 is 1.96 bits per heavy atom. The summed E-state index contributed by atoms with van der Waals surface area (Å²) >= 11 is 0. The van der Waals surface area contributed by atoms with Gasteiger partial charge in [0.1, 0.15) is 5.76 Å². The summed E-state index contributed by atoms with van der Waals surface area (Å²) in [7, 11) is 2.56. The average molecular weight is 322 g/mol. The topological polar surface area (TPSA) is 86.0 Å². The standard InChI is InChI=1S/C17H22O6/c1-10-5-7-15(2)16(10,13(18)21-3)9-12-11(6-8-23-12)17(15,20)14(19)22-4/h6,8,10,20H,5,7,9H2,1-4H3. The summed E-state index contributed by atoms with van der Waals surface area (Å²) in [5.74, 6) is -0.817. The van der Waals surface area contributed by atoms with Gasteiger partial charge in [-0.3, -0.25) is 4.79 Å². The second-order valence-electron chi connectivity index (χ2n) is 6.87. The fourth-order valence-electron chi connectivity index (χ4n) is 4.91. The molecule has 3 rings (SSSR count). The van der Waals surface area contributed by atoms with Gasteiger partial charge in [-0.05, 0) is 24.8 Å². The lowest BCUT2D eigenvalue weighted by Crippen LogP contribution is -2.64. The molecular weight excluding hydrogens is 300 g/mol. The fraction of sp³-hybridized carbons (Fsp3) is 0.647. The Morgan fingerprint density at radius 3 is 2.57 bits per heavy atom. The van der Waals surface area contributed by atoms with E-state index in [1.165, 1.54) is 20.5 Å². The van der Waals surface area contributed by atoms with Crippen molar-refractivity contribution in [3.8, 4) is 0 Å². The van der Waals surface area contributed by atoms with Gasteiger partial charge in [0.25, 0.3) is 0 Å². The van der Waals surface area contributed by atoms with Gasteiger partial charge in [-0.15, -0.1) is 0 Å². The molecule has 6 heteroatoms. The van der Waals surface area contributed by atoms with Crippen molar-refractivity contribution >= 4 is 11.9 Å². The second kappa shape index (κ2) is 4.84. The third kappa shape index (κ3) is 1.57. The maximum absolute atomic E-state index is 12.8. The van der Waals surface area contributed by atoms with Gasteiger partial charge in [-0.25, -0.2) is 4.79 Å². The zero-order chi connectivity index (χ0) is 17.0. The molecule has 126 valence electrons.